The van der Waals surface area contributed by atoms with Gasteiger partial charge in [0.15, 0.2) is 6.29 Å². The number of non-ortho nitro benzene ring substituents is 1. The van der Waals surface area contributed by atoms with Gasteiger partial charge in [-0.05, 0) is 46.8 Å². The molecular weight excluding hydrogens is 330 g/mol. The molecule has 3 rings (SSSR count). The average molecular weight is 341 g/mol. The van der Waals surface area contributed by atoms with Gasteiger partial charge < -0.3 is 0 Å². The molecule has 23 heavy (non-hydrogen) atoms. The second kappa shape index (κ2) is 6.68. The Labute approximate surface area is 140 Å². The van der Waals surface area contributed by atoms with Crippen LogP contribution in [0.15, 0.2) is 47.8 Å². The van der Waals surface area contributed by atoms with Crippen LogP contribution in [-0.4, -0.2) is 11.2 Å². The smallest absolute Gasteiger partial charge is 0.269 e. The molecule has 6 heteroatoms. The van der Waals surface area contributed by atoms with Gasteiger partial charge in [0.2, 0.25) is 0 Å². The Morgan fingerprint density at radius 1 is 1.00 bits per heavy atom. The minimum atomic E-state index is -0.411. The van der Waals surface area contributed by atoms with Crippen molar-refractivity contribution in [3.63, 3.8) is 0 Å². The number of benzene rings is 1. The monoisotopic (exact) mass is 341 g/mol. The van der Waals surface area contributed by atoms with Crippen molar-refractivity contribution in [1.82, 2.24) is 0 Å². The highest BCUT2D eigenvalue weighted by Gasteiger charge is 2.08. The molecule has 0 amide bonds. The Kier molecular flexibility index (Phi) is 4.45. The van der Waals surface area contributed by atoms with E-state index >= 15 is 0 Å². The first-order valence-electron chi connectivity index (χ1n) is 6.73. The molecule has 2 heterocycles. The van der Waals surface area contributed by atoms with Crippen LogP contribution in [0.3, 0.4) is 0 Å². The normalized spacial score (nSPS) is 11.0. The molecule has 0 atom stereocenters. The molecule has 0 aliphatic heterocycles. The van der Waals surface area contributed by atoms with Gasteiger partial charge in [0.05, 0.1) is 14.7 Å². The van der Waals surface area contributed by atoms with Crippen LogP contribution >= 0.6 is 22.7 Å². The third-order valence-electron chi connectivity index (χ3n) is 3.22. The van der Waals surface area contributed by atoms with Gasteiger partial charge in [0, 0.05) is 17.0 Å². The predicted molar refractivity (Wildman–Crippen MR) is 95.0 cm³/mol. The number of carbonyl (C=O) groups excluding carboxylic acids is 1. The zero-order chi connectivity index (χ0) is 16.2. The van der Waals surface area contributed by atoms with Gasteiger partial charge in [-0.1, -0.05) is 12.2 Å². The Morgan fingerprint density at radius 2 is 1.78 bits per heavy atom. The highest BCUT2D eigenvalue weighted by atomic mass is 32.1. The van der Waals surface area contributed by atoms with Gasteiger partial charge in [-0.2, -0.15) is 0 Å². The van der Waals surface area contributed by atoms with Crippen LogP contribution in [0.25, 0.3) is 21.9 Å². The van der Waals surface area contributed by atoms with Crippen molar-refractivity contribution >= 4 is 46.8 Å². The van der Waals surface area contributed by atoms with E-state index in [1.165, 1.54) is 23.5 Å². The second-order valence-electron chi connectivity index (χ2n) is 4.71. The topological polar surface area (TPSA) is 60.2 Å². The van der Waals surface area contributed by atoms with Crippen LogP contribution in [0.2, 0.25) is 0 Å². The van der Waals surface area contributed by atoms with Crippen LogP contribution in [0.5, 0.6) is 0 Å². The van der Waals surface area contributed by atoms with Crippen molar-refractivity contribution in [3.8, 4) is 9.75 Å². The molecule has 0 unspecified atom stereocenters. The van der Waals surface area contributed by atoms with E-state index < -0.39 is 4.92 Å². The van der Waals surface area contributed by atoms with E-state index in [4.69, 9.17) is 0 Å². The summed E-state index contributed by atoms with van der Waals surface area (Å²) in [4.78, 5) is 23.9. The number of hydrogen-bond donors (Lipinski definition) is 0. The molecule has 0 N–H and O–H groups in total. The number of aldehydes is 1. The zero-order valence-electron chi connectivity index (χ0n) is 11.8. The lowest BCUT2D eigenvalue weighted by Gasteiger charge is -1.97. The Bertz CT molecular complexity index is 875. The Balaban J connectivity index is 1.84. The first kappa shape index (κ1) is 15.3. The molecule has 4 nitrogen and oxygen atoms in total. The van der Waals surface area contributed by atoms with E-state index in [-0.39, 0.29) is 5.69 Å². The lowest BCUT2D eigenvalue weighted by molar-refractivity contribution is -0.384. The third-order valence-corrected chi connectivity index (χ3v) is 5.34. The van der Waals surface area contributed by atoms with Gasteiger partial charge in [-0.15, -0.1) is 22.7 Å². The highest BCUT2D eigenvalue weighted by Crippen LogP contribution is 2.35. The molecule has 0 aliphatic carbocycles. The number of thiophene rings is 2. The second-order valence-corrected chi connectivity index (χ2v) is 6.74. The molecule has 3 aromatic rings. The summed E-state index contributed by atoms with van der Waals surface area (Å²) in [6.07, 6.45) is 4.75. The van der Waals surface area contributed by atoms with Crippen LogP contribution in [0.4, 0.5) is 5.69 Å². The fourth-order valence-electron chi connectivity index (χ4n) is 2.08. The summed E-state index contributed by atoms with van der Waals surface area (Å²) in [5, 5.41) is 12.7. The molecule has 0 radical (unpaired) electrons. The van der Waals surface area contributed by atoms with Gasteiger partial charge in [-0.3, -0.25) is 14.9 Å². The summed E-state index contributed by atoms with van der Waals surface area (Å²) in [7, 11) is 0. The quantitative estimate of drug-likeness (QED) is 0.356. The van der Waals surface area contributed by atoms with Crippen LogP contribution in [0, 0.1) is 10.1 Å². The van der Waals surface area contributed by atoms with Crippen molar-refractivity contribution in [2.75, 3.05) is 0 Å². The van der Waals surface area contributed by atoms with Crippen molar-refractivity contribution in [3.05, 3.63) is 74.0 Å². The van der Waals surface area contributed by atoms with E-state index in [0.717, 1.165) is 27.2 Å². The van der Waals surface area contributed by atoms with Gasteiger partial charge in [0.25, 0.3) is 5.69 Å². The Morgan fingerprint density at radius 3 is 2.43 bits per heavy atom. The minimum Gasteiger partial charge on any atom is -0.297 e. The fraction of sp³-hybridized carbons (Fsp3) is 0. The molecule has 0 spiro atoms. The van der Waals surface area contributed by atoms with Crippen LogP contribution < -0.4 is 0 Å². The molecule has 1 aromatic carbocycles. The Hall–Kier alpha value is -2.57. The number of nitro groups is 1. The number of rotatable bonds is 5. The zero-order valence-corrected chi connectivity index (χ0v) is 13.5. The molecule has 0 saturated heterocycles. The van der Waals surface area contributed by atoms with Gasteiger partial charge in [-0.25, -0.2) is 0 Å². The van der Waals surface area contributed by atoms with Crippen molar-refractivity contribution in [2.45, 2.75) is 0 Å². The summed E-state index contributed by atoms with van der Waals surface area (Å²) in [6, 6.07) is 12.2. The fourth-order valence-corrected chi connectivity index (χ4v) is 3.94. The van der Waals surface area contributed by atoms with Gasteiger partial charge >= 0.3 is 0 Å². The summed E-state index contributed by atoms with van der Waals surface area (Å²) < 4.78 is 0. The minimum absolute atomic E-state index is 0.0818. The summed E-state index contributed by atoms with van der Waals surface area (Å²) in [5.74, 6) is 0. The predicted octanol–water partition coefficient (Wildman–Crippen LogP) is 5.37. The number of hydrogen-bond acceptors (Lipinski definition) is 5. The van der Waals surface area contributed by atoms with Crippen molar-refractivity contribution in [2.24, 2.45) is 0 Å². The largest absolute Gasteiger partial charge is 0.297 e. The molecular formula is C17H11NO3S2. The first-order valence-corrected chi connectivity index (χ1v) is 8.42. The number of nitro benzene ring substituents is 1. The molecule has 0 aliphatic rings. The van der Waals surface area contributed by atoms with E-state index in [9.17, 15) is 14.9 Å². The van der Waals surface area contributed by atoms with E-state index in [2.05, 4.69) is 0 Å². The van der Waals surface area contributed by atoms with E-state index in [1.54, 1.807) is 23.5 Å². The van der Waals surface area contributed by atoms with Crippen LogP contribution in [-0.2, 0) is 0 Å². The van der Waals surface area contributed by atoms with Crippen LogP contribution in [0.1, 0.15) is 20.8 Å². The lowest BCUT2D eigenvalue weighted by atomic mass is 10.1. The molecule has 0 fully saturated rings. The molecule has 114 valence electrons. The average Bonchev–Trinajstić information content (AvgIpc) is 3.21. The maximum absolute atomic E-state index is 10.8. The molecule has 0 bridgehead atoms. The lowest BCUT2D eigenvalue weighted by Crippen LogP contribution is -1.86. The maximum atomic E-state index is 10.8. The third kappa shape index (κ3) is 3.44. The highest BCUT2D eigenvalue weighted by molar-refractivity contribution is 7.22. The standard InChI is InChI=1S/C17H11NO3S2/c19-11-15-7-8-16(23-15)17-13(9-10-22-17)4-1-12-2-5-14(6-3-12)18(20)21/h1-11H. The SMILES string of the molecule is O=Cc1ccc(-c2sccc2C=Cc2ccc([N+](=O)[O-])cc2)s1. The summed E-state index contributed by atoms with van der Waals surface area (Å²) in [6.45, 7) is 0. The summed E-state index contributed by atoms with van der Waals surface area (Å²) in [5.41, 5.74) is 2.04. The van der Waals surface area contributed by atoms with Crippen molar-refractivity contribution in [1.29, 1.82) is 0 Å². The van der Waals surface area contributed by atoms with Gasteiger partial charge in [0.1, 0.15) is 0 Å². The molecule has 2 aromatic heterocycles. The number of nitrogens with zero attached hydrogens (tertiary/aromatic N) is 1. The maximum Gasteiger partial charge on any atom is 0.269 e. The van der Waals surface area contributed by atoms with E-state index in [1.807, 2.05) is 35.7 Å². The van der Waals surface area contributed by atoms with E-state index in [0.29, 0.717) is 4.88 Å². The molecule has 0 saturated carbocycles. The number of carbonyl (C=O) groups is 1. The first-order chi connectivity index (χ1) is 11.2. The van der Waals surface area contributed by atoms with Crippen molar-refractivity contribution < 1.29 is 9.72 Å². The summed E-state index contributed by atoms with van der Waals surface area (Å²) >= 11 is 3.09.